The lowest BCUT2D eigenvalue weighted by atomic mass is 9.96. The number of carbonyl (C=O) groups excluding carboxylic acids is 2. The Morgan fingerprint density at radius 1 is 1.00 bits per heavy atom. The van der Waals surface area contributed by atoms with Crippen LogP contribution in [0.1, 0.15) is 78.6 Å². The van der Waals surface area contributed by atoms with Gasteiger partial charge in [0.2, 0.25) is 6.41 Å². The van der Waals surface area contributed by atoms with Crippen LogP contribution in [-0.4, -0.2) is 24.5 Å². The molecule has 1 amide bonds. The van der Waals surface area contributed by atoms with Crippen LogP contribution in [0, 0.1) is 0 Å². The quantitative estimate of drug-likeness (QED) is 0.320. The average Bonchev–Trinajstić information content (AvgIpc) is 2.35. The smallest absolute Gasteiger partial charge is 0.302 e. The Morgan fingerprint density at radius 3 is 2.00 bits per heavy atom. The standard InChI is InChI=1S/C16H31NO3/c1-15(19)20-13-11-9-7-5-4-6-8-10-12-16(2,3)17-14-18/h14H,4-13H2,1-3H3,(H,17,18). The maximum atomic E-state index is 10.5. The zero-order valence-corrected chi connectivity index (χ0v) is 13.4. The number of nitrogens with one attached hydrogen (secondary N) is 1. The first-order chi connectivity index (χ1) is 9.48. The van der Waals surface area contributed by atoms with Crippen LogP contribution in [0.15, 0.2) is 0 Å². The molecule has 0 fully saturated rings. The van der Waals surface area contributed by atoms with E-state index in [0.717, 1.165) is 25.7 Å². The Labute approximate surface area is 123 Å². The first-order valence-electron chi connectivity index (χ1n) is 7.82. The second kappa shape index (κ2) is 11.7. The Morgan fingerprint density at radius 2 is 1.50 bits per heavy atom. The highest BCUT2D eigenvalue weighted by Gasteiger charge is 2.14. The maximum Gasteiger partial charge on any atom is 0.302 e. The fourth-order valence-electron chi connectivity index (χ4n) is 2.18. The fraction of sp³-hybridized carbons (Fsp3) is 0.875. The van der Waals surface area contributed by atoms with Crippen molar-refractivity contribution in [2.75, 3.05) is 6.61 Å². The Hall–Kier alpha value is -1.06. The van der Waals surface area contributed by atoms with Crippen LogP contribution in [0.3, 0.4) is 0 Å². The molecule has 0 saturated carbocycles. The van der Waals surface area contributed by atoms with Gasteiger partial charge in [0, 0.05) is 12.5 Å². The molecule has 1 N–H and O–H groups in total. The third-order valence-corrected chi connectivity index (χ3v) is 3.45. The Balaban J connectivity index is 3.21. The summed E-state index contributed by atoms with van der Waals surface area (Å²) in [6.07, 6.45) is 11.4. The molecule has 4 nitrogen and oxygen atoms in total. The van der Waals surface area contributed by atoms with Gasteiger partial charge >= 0.3 is 5.97 Å². The van der Waals surface area contributed by atoms with Gasteiger partial charge in [0.15, 0.2) is 0 Å². The van der Waals surface area contributed by atoms with Crippen molar-refractivity contribution in [3.63, 3.8) is 0 Å². The van der Waals surface area contributed by atoms with Gasteiger partial charge in [0.05, 0.1) is 6.61 Å². The molecule has 0 rings (SSSR count). The SMILES string of the molecule is CC(=O)OCCCCCCCCCCC(C)(C)NC=O. The van der Waals surface area contributed by atoms with Gasteiger partial charge < -0.3 is 10.1 Å². The fourth-order valence-corrected chi connectivity index (χ4v) is 2.18. The van der Waals surface area contributed by atoms with Gasteiger partial charge in [-0.15, -0.1) is 0 Å². The van der Waals surface area contributed by atoms with Gasteiger partial charge in [-0.2, -0.15) is 0 Å². The van der Waals surface area contributed by atoms with E-state index in [1.807, 2.05) is 0 Å². The summed E-state index contributed by atoms with van der Waals surface area (Å²) >= 11 is 0. The third-order valence-electron chi connectivity index (χ3n) is 3.45. The molecule has 0 aliphatic heterocycles. The first-order valence-corrected chi connectivity index (χ1v) is 7.82. The van der Waals surface area contributed by atoms with Crippen molar-refractivity contribution in [2.24, 2.45) is 0 Å². The molecule has 20 heavy (non-hydrogen) atoms. The molecular formula is C16H31NO3. The number of rotatable bonds is 13. The van der Waals surface area contributed by atoms with Crippen molar-refractivity contribution in [1.82, 2.24) is 5.32 Å². The Bertz CT molecular complexity index is 264. The van der Waals surface area contributed by atoms with E-state index in [1.54, 1.807) is 0 Å². The van der Waals surface area contributed by atoms with Gasteiger partial charge in [-0.1, -0.05) is 44.9 Å². The van der Waals surface area contributed by atoms with E-state index in [4.69, 9.17) is 4.74 Å². The van der Waals surface area contributed by atoms with Gasteiger partial charge in [-0.05, 0) is 26.7 Å². The van der Waals surface area contributed by atoms with Gasteiger partial charge in [0.1, 0.15) is 0 Å². The van der Waals surface area contributed by atoms with Crippen LogP contribution in [0.5, 0.6) is 0 Å². The zero-order valence-electron chi connectivity index (χ0n) is 13.4. The molecule has 0 bridgehead atoms. The molecule has 118 valence electrons. The number of ether oxygens (including phenoxy) is 1. The first kappa shape index (κ1) is 18.9. The minimum absolute atomic E-state index is 0.0710. The van der Waals surface area contributed by atoms with Crippen LogP contribution in [0.4, 0.5) is 0 Å². The molecule has 0 aliphatic carbocycles. The highest BCUT2D eigenvalue weighted by atomic mass is 16.5. The minimum Gasteiger partial charge on any atom is -0.466 e. The van der Waals surface area contributed by atoms with Crippen LogP contribution in [0.25, 0.3) is 0 Å². The monoisotopic (exact) mass is 285 g/mol. The van der Waals surface area contributed by atoms with E-state index in [-0.39, 0.29) is 11.5 Å². The number of esters is 1. The van der Waals surface area contributed by atoms with E-state index in [1.165, 1.54) is 45.4 Å². The molecule has 0 aromatic rings. The van der Waals surface area contributed by atoms with Gasteiger partial charge in [-0.3, -0.25) is 9.59 Å². The van der Waals surface area contributed by atoms with Gasteiger partial charge in [0.25, 0.3) is 0 Å². The lowest BCUT2D eigenvalue weighted by molar-refractivity contribution is -0.141. The van der Waals surface area contributed by atoms with Crippen molar-refractivity contribution in [2.45, 2.75) is 84.1 Å². The van der Waals surface area contributed by atoms with E-state index in [2.05, 4.69) is 19.2 Å². The molecule has 0 heterocycles. The molecule has 0 aromatic carbocycles. The van der Waals surface area contributed by atoms with Gasteiger partial charge in [-0.25, -0.2) is 0 Å². The summed E-state index contributed by atoms with van der Waals surface area (Å²) in [7, 11) is 0. The number of hydrogen-bond donors (Lipinski definition) is 1. The minimum atomic E-state index is -0.183. The normalized spacial score (nSPS) is 11.2. The number of carbonyl (C=O) groups is 2. The molecule has 0 spiro atoms. The average molecular weight is 285 g/mol. The molecule has 0 aromatic heterocycles. The lowest BCUT2D eigenvalue weighted by Crippen LogP contribution is -2.37. The van der Waals surface area contributed by atoms with Crippen molar-refractivity contribution < 1.29 is 14.3 Å². The summed E-state index contributed by atoms with van der Waals surface area (Å²) in [5, 5.41) is 2.84. The second-order valence-corrected chi connectivity index (χ2v) is 6.06. The topological polar surface area (TPSA) is 55.4 Å². The summed E-state index contributed by atoms with van der Waals surface area (Å²) in [5.41, 5.74) is -0.0710. The zero-order chi connectivity index (χ0) is 15.3. The second-order valence-electron chi connectivity index (χ2n) is 6.06. The van der Waals surface area contributed by atoms with Crippen molar-refractivity contribution in [1.29, 1.82) is 0 Å². The largest absolute Gasteiger partial charge is 0.466 e. The van der Waals surface area contributed by atoms with Crippen LogP contribution in [-0.2, 0) is 14.3 Å². The molecule has 0 saturated heterocycles. The number of hydrogen-bond acceptors (Lipinski definition) is 3. The van der Waals surface area contributed by atoms with E-state index < -0.39 is 0 Å². The highest BCUT2D eigenvalue weighted by molar-refractivity contribution is 5.65. The predicted molar refractivity (Wildman–Crippen MR) is 81.5 cm³/mol. The van der Waals surface area contributed by atoms with Crippen molar-refractivity contribution >= 4 is 12.4 Å². The predicted octanol–water partition coefficient (Wildman–Crippen LogP) is 3.59. The highest BCUT2D eigenvalue weighted by Crippen LogP contribution is 2.15. The van der Waals surface area contributed by atoms with Crippen molar-refractivity contribution in [3.8, 4) is 0 Å². The summed E-state index contributed by atoms with van der Waals surface area (Å²) in [6.45, 7) is 6.13. The summed E-state index contributed by atoms with van der Waals surface area (Å²) < 4.78 is 4.88. The molecule has 0 atom stereocenters. The molecule has 4 heteroatoms. The molecule has 0 unspecified atom stereocenters. The molecule has 0 aliphatic rings. The van der Waals surface area contributed by atoms with Crippen LogP contribution < -0.4 is 5.32 Å². The lowest BCUT2D eigenvalue weighted by Gasteiger charge is -2.23. The van der Waals surface area contributed by atoms with E-state index in [0.29, 0.717) is 6.61 Å². The third kappa shape index (κ3) is 13.4. The van der Waals surface area contributed by atoms with Crippen LogP contribution in [0.2, 0.25) is 0 Å². The Kier molecular flexibility index (Phi) is 11.1. The van der Waals surface area contributed by atoms with Crippen LogP contribution >= 0.6 is 0 Å². The van der Waals surface area contributed by atoms with E-state index in [9.17, 15) is 9.59 Å². The summed E-state index contributed by atoms with van der Waals surface area (Å²) in [6, 6.07) is 0. The molecule has 0 radical (unpaired) electrons. The van der Waals surface area contributed by atoms with Crippen molar-refractivity contribution in [3.05, 3.63) is 0 Å². The summed E-state index contributed by atoms with van der Waals surface area (Å²) in [4.78, 5) is 20.9. The number of amides is 1. The summed E-state index contributed by atoms with van der Waals surface area (Å²) in [5.74, 6) is -0.183. The maximum absolute atomic E-state index is 10.5. The molecular weight excluding hydrogens is 254 g/mol. The van der Waals surface area contributed by atoms with E-state index >= 15 is 0 Å². The number of unbranched alkanes of at least 4 members (excludes halogenated alkanes) is 7.